The molecule has 2 N–H and O–H groups in total. The zero-order chi connectivity index (χ0) is 8.27. The van der Waals surface area contributed by atoms with Gasteiger partial charge in [-0.05, 0) is 24.6 Å². The molecule has 1 aromatic rings. The second-order valence-corrected chi connectivity index (χ2v) is 2.56. The van der Waals surface area contributed by atoms with Gasteiger partial charge in [0.25, 0.3) is 0 Å². The molecule has 0 spiro atoms. The van der Waals surface area contributed by atoms with Gasteiger partial charge >= 0.3 is 0 Å². The van der Waals surface area contributed by atoms with Crippen LogP contribution >= 0.6 is 13.5 Å². The van der Waals surface area contributed by atoms with E-state index in [4.69, 9.17) is 10.5 Å². The first-order valence-corrected chi connectivity index (χ1v) is 3.63. The first-order valence-electron chi connectivity index (χ1n) is 3.63. The summed E-state index contributed by atoms with van der Waals surface area (Å²) in [5.41, 5.74) is 6.79. The summed E-state index contributed by atoms with van der Waals surface area (Å²) in [5, 5.41) is 0. The van der Waals surface area contributed by atoms with Crippen LogP contribution in [-0.2, 0) is 0 Å². The molecular weight excluding hydrogens is 170 g/mol. The molecule has 0 unspecified atom stereocenters. The van der Waals surface area contributed by atoms with Crippen LogP contribution in [0.5, 0.6) is 5.75 Å². The highest BCUT2D eigenvalue weighted by molar-refractivity contribution is 7.59. The summed E-state index contributed by atoms with van der Waals surface area (Å²) >= 11 is 0. The van der Waals surface area contributed by atoms with E-state index >= 15 is 0 Å². The third-order valence-electron chi connectivity index (χ3n) is 1.64. The monoisotopic (exact) mass is 185 g/mol. The normalized spacial score (nSPS) is 11.6. The van der Waals surface area contributed by atoms with Gasteiger partial charge in [-0.25, -0.2) is 0 Å². The van der Waals surface area contributed by atoms with Gasteiger partial charge in [-0.15, -0.1) is 0 Å². The van der Waals surface area contributed by atoms with Crippen LogP contribution in [0.1, 0.15) is 18.5 Å². The number of hydrogen-bond donors (Lipinski definition) is 1. The molecule has 0 fully saturated rings. The zero-order valence-corrected chi connectivity index (χ0v) is 8.37. The van der Waals surface area contributed by atoms with Crippen LogP contribution in [0.25, 0.3) is 0 Å². The molecular formula is C9H15NOS. The smallest absolute Gasteiger partial charge is 0.118 e. The Labute approximate surface area is 80.2 Å². The van der Waals surface area contributed by atoms with Gasteiger partial charge in [0.1, 0.15) is 5.75 Å². The van der Waals surface area contributed by atoms with Crippen molar-refractivity contribution in [1.82, 2.24) is 0 Å². The lowest BCUT2D eigenvalue weighted by Crippen LogP contribution is -2.04. The third kappa shape index (κ3) is 2.75. The zero-order valence-electron chi connectivity index (χ0n) is 7.37. The maximum absolute atomic E-state index is 5.66. The number of hydrogen-bond acceptors (Lipinski definition) is 2. The first kappa shape index (κ1) is 11.3. The largest absolute Gasteiger partial charge is 0.497 e. The molecule has 12 heavy (non-hydrogen) atoms. The average Bonchev–Trinajstić information content (AvgIpc) is 2.05. The van der Waals surface area contributed by atoms with Crippen molar-refractivity contribution in [1.29, 1.82) is 0 Å². The van der Waals surface area contributed by atoms with E-state index in [1.807, 2.05) is 31.2 Å². The van der Waals surface area contributed by atoms with E-state index in [0.29, 0.717) is 0 Å². The van der Waals surface area contributed by atoms with Crippen molar-refractivity contribution < 1.29 is 4.74 Å². The predicted octanol–water partition coefficient (Wildman–Crippen LogP) is 1.83. The number of benzene rings is 1. The maximum atomic E-state index is 5.66. The summed E-state index contributed by atoms with van der Waals surface area (Å²) in [6, 6.07) is 7.88. The first-order chi connectivity index (χ1) is 5.24. The molecule has 1 rings (SSSR count). The number of ether oxygens (including phenoxy) is 1. The van der Waals surface area contributed by atoms with Gasteiger partial charge in [0, 0.05) is 6.04 Å². The molecule has 68 valence electrons. The third-order valence-corrected chi connectivity index (χ3v) is 1.64. The Kier molecular flexibility index (Phi) is 4.78. The minimum Gasteiger partial charge on any atom is -0.497 e. The van der Waals surface area contributed by atoms with Gasteiger partial charge in [-0.2, -0.15) is 13.5 Å². The number of nitrogens with two attached hydrogens (primary N) is 1. The summed E-state index contributed by atoms with van der Waals surface area (Å²) in [4.78, 5) is 0. The molecule has 0 amide bonds. The number of rotatable bonds is 2. The molecule has 0 aliphatic rings. The molecule has 1 atom stereocenters. The van der Waals surface area contributed by atoms with E-state index in [9.17, 15) is 0 Å². The van der Waals surface area contributed by atoms with E-state index < -0.39 is 0 Å². The summed E-state index contributed by atoms with van der Waals surface area (Å²) in [6.45, 7) is 1.96. The van der Waals surface area contributed by atoms with Crippen LogP contribution < -0.4 is 10.5 Å². The van der Waals surface area contributed by atoms with Gasteiger partial charge in [0.15, 0.2) is 0 Å². The van der Waals surface area contributed by atoms with Crippen molar-refractivity contribution in [2.45, 2.75) is 13.0 Å². The molecule has 0 heterocycles. The average molecular weight is 185 g/mol. The van der Waals surface area contributed by atoms with Gasteiger partial charge in [-0.3, -0.25) is 0 Å². The fourth-order valence-electron chi connectivity index (χ4n) is 0.907. The van der Waals surface area contributed by atoms with Gasteiger partial charge in [-0.1, -0.05) is 12.1 Å². The Bertz CT molecular complexity index is 220. The van der Waals surface area contributed by atoms with Crippen LogP contribution in [0.15, 0.2) is 24.3 Å². The van der Waals surface area contributed by atoms with Crippen molar-refractivity contribution in [3.8, 4) is 5.75 Å². The standard InChI is InChI=1S/C9H13NO.H2S/c1-7(10)8-3-5-9(11-2)6-4-8;/h3-7H,10H2,1-2H3;1H2/t7-;/m0./s1. The van der Waals surface area contributed by atoms with E-state index in [-0.39, 0.29) is 19.5 Å². The molecule has 0 aliphatic carbocycles. The lowest BCUT2D eigenvalue weighted by Gasteiger charge is -2.05. The highest BCUT2D eigenvalue weighted by Crippen LogP contribution is 2.14. The lowest BCUT2D eigenvalue weighted by atomic mass is 10.1. The minimum atomic E-state index is 0. The Morgan fingerprint density at radius 2 is 1.75 bits per heavy atom. The van der Waals surface area contributed by atoms with Crippen LogP contribution in [-0.4, -0.2) is 7.11 Å². The van der Waals surface area contributed by atoms with E-state index in [1.54, 1.807) is 7.11 Å². The van der Waals surface area contributed by atoms with Crippen LogP contribution in [0.4, 0.5) is 0 Å². The number of methoxy groups -OCH3 is 1. The molecule has 0 radical (unpaired) electrons. The fourth-order valence-corrected chi connectivity index (χ4v) is 0.907. The van der Waals surface area contributed by atoms with E-state index in [0.717, 1.165) is 11.3 Å². The Hall–Kier alpha value is -0.670. The van der Waals surface area contributed by atoms with Crippen molar-refractivity contribution in [2.24, 2.45) is 5.73 Å². The molecule has 2 nitrogen and oxygen atoms in total. The van der Waals surface area contributed by atoms with Crippen molar-refractivity contribution >= 4 is 13.5 Å². The van der Waals surface area contributed by atoms with Crippen LogP contribution in [0.3, 0.4) is 0 Å². The molecule has 0 saturated heterocycles. The summed E-state index contributed by atoms with van der Waals surface area (Å²) in [7, 11) is 1.65. The highest BCUT2D eigenvalue weighted by Gasteiger charge is 1.97. The molecule has 3 heteroatoms. The molecule has 0 bridgehead atoms. The molecule has 0 saturated carbocycles. The Balaban J connectivity index is 0.00000121. The van der Waals surface area contributed by atoms with Crippen LogP contribution in [0.2, 0.25) is 0 Å². The second-order valence-electron chi connectivity index (χ2n) is 2.56. The summed E-state index contributed by atoms with van der Waals surface area (Å²) in [6.07, 6.45) is 0. The van der Waals surface area contributed by atoms with Gasteiger partial charge in [0.05, 0.1) is 7.11 Å². The molecule has 0 aromatic heterocycles. The topological polar surface area (TPSA) is 35.2 Å². The van der Waals surface area contributed by atoms with E-state index in [2.05, 4.69) is 0 Å². The van der Waals surface area contributed by atoms with Gasteiger partial charge < -0.3 is 10.5 Å². The molecule has 0 aliphatic heterocycles. The van der Waals surface area contributed by atoms with E-state index in [1.165, 1.54) is 0 Å². The van der Waals surface area contributed by atoms with Crippen molar-refractivity contribution in [3.05, 3.63) is 29.8 Å². The summed E-state index contributed by atoms with van der Waals surface area (Å²) in [5.74, 6) is 0.870. The van der Waals surface area contributed by atoms with Gasteiger partial charge in [0.2, 0.25) is 0 Å². The SMILES string of the molecule is COc1ccc([C@H](C)N)cc1.S. The Morgan fingerprint density at radius 1 is 1.25 bits per heavy atom. The minimum absolute atomic E-state index is 0. The van der Waals surface area contributed by atoms with Crippen molar-refractivity contribution in [2.75, 3.05) is 7.11 Å². The molecule has 1 aromatic carbocycles. The van der Waals surface area contributed by atoms with Crippen molar-refractivity contribution in [3.63, 3.8) is 0 Å². The Morgan fingerprint density at radius 3 is 2.08 bits per heavy atom. The second kappa shape index (κ2) is 5.06. The quantitative estimate of drug-likeness (QED) is 0.763. The predicted molar refractivity (Wildman–Crippen MR) is 56.0 cm³/mol. The highest BCUT2D eigenvalue weighted by atomic mass is 32.1. The maximum Gasteiger partial charge on any atom is 0.118 e. The van der Waals surface area contributed by atoms with Crippen LogP contribution in [0, 0.1) is 0 Å². The fraction of sp³-hybridized carbons (Fsp3) is 0.333. The lowest BCUT2D eigenvalue weighted by molar-refractivity contribution is 0.414. The summed E-state index contributed by atoms with van der Waals surface area (Å²) < 4.78 is 5.01.